The topological polar surface area (TPSA) is 113 Å². The van der Waals surface area contributed by atoms with Crippen molar-refractivity contribution in [3.05, 3.63) is 83.4 Å². The minimum absolute atomic E-state index is 0.102. The second-order valence-corrected chi connectivity index (χ2v) is 12.4. The molecule has 192 valence electrons. The average Bonchev–Trinajstić information content (AvgIpc) is 2.86. The largest absolute Gasteiger partial charge is 0.492 e. The minimum atomic E-state index is -3.78. The molecule has 0 aromatic heterocycles. The molecule has 12 heteroatoms. The maximum atomic E-state index is 12.8. The number of nitrogens with zero attached hydrogens (tertiary/aromatic N) is 2. The van der Waals surface area contributed by atoms with Gasteiger partial charge in [0.2, 0.25) is 10.0 Å². The molecule has 0 radical (unpaired) electrons. The van der Waals surface area contributed by atoms with Gasteiger partial charge in [-0.15, -0.1) is 0 Å². The van der Waals surface area contributed by atoms with Gasteiger partial charge in [-0.3, -0.25) is 9.10 Å². The zero-order chi connectivity index (χ0) is 26.5. The summed E-state index contributed by atoms with van der Waals surface area (Å²) >= 11 is 5.84. The molecule has 0 unspecified atom stereocenters. The maximum Gasteiger partial charge on any atom is 0.264 e. The number of nitrogens with one attached hydrogen (secondary N) is 1. The second kappa shape index (κ2) is 11.3. The van der Waals surface area contributed by atoms with Gasteiger partial charge in [0.15, 0.2) is 0 Å². The van der Waals surface area contributed by atoms with Crippen LogP contribution in [0.1, 0.15) is 10.4 Å². The molecule has 0 fully saturated rings. The van der Waals surface area contributed by atoms with Crippen LogP contribution < -0.4 is 14.4 Å². The number of carbonyl (C=O) groups excluding carboxylic acids is 1. The summed E-state index contributed by atoms with van der Waals surface area (Å²) in [6.07, 6.45) is 0. The number of amides is 1. The van der Waals surface area contributed by atoms with Crippen LogP contribution in [-0.4, -0.2) is 61.3 Å². The van der Waals surface area contributed by atoms with Gasteiger partial charge in [-0.05, 0) is 72.8 Å². The number of rotatable bonds is 10. The molecule has 1 amide bonds. The van der Waals surface area contributed by atoms with Crippen molar-refractivity contribution in [2.75, 3.05) is 38.6 Å². The van der Waals surface area contributed by atoms with Crippen LogP contribution in [0.2, 0.25) is 5.02 Å². The number of hydrogen-bond donors (Lipinski definition) is 1. The van der Waals surface area contributed by atoms with Crippen LogP contribution in [-0.2, 0) is 20.0 Å². The van der Waals surface area contributed by atoms with Crippen LogP contribution in [0.4, 0.5) is 5.69 Å². The monoisotopic (exact) mass is 551 g/mol. The summed E-state index contributed by atoms with van der Waals surface area (Å²) in [5.41, 5.74) is 0.749. The van der Waals surface area contributed by atoms with Crippen LogP contribution in [0.5, 0.6) is 5.75 Å². The Kier molecular flexibility index (Phi) is 8.62. The van der Waals surface area contributed by atoms with Gasteiger partial charge in [0.25, 0.3) is 15.9 Å². The summed E-state index contributed by atoms with van der Waals surface area (Å²) in [6.45, 7) is 0.384. The predicted octanol–water partition coefficient (Wildman–Crippen LogP) is 3.22. The van der Waals surface area contributed by atoms with Crippen molar-refractivity contribution in [2.24, 2.45) is 0 Å². The Labute approximate surface area is 216 Å². The molecule has 0 atom stereocenters. The van der Waals surface area contributed by atoms with Crippen molar-refractivity contribution < 1.29 is 26.4 Å². The van der Waals surface area contributed by atoms with E-state index in [1.54, 1.807) is 24.3 Å². The average molecular weight is 552 g/mol. The van der Waals surface area contributed by atoms with Crippen LogP contribution in [0.25, 0.3) is 0 Å². The number of carbonyl (C=O) groups is 1. The zero-order valence-corrected chi connectivity index (χ0v) is 22.3. The third-order valence-corrected chi connectivity index (χ3v) is 9.10. The van der Waals surface area contributed by atoms with Crippen molar-refractivity contribution in [3.63, 3.8) is 0 Å². The fourth-order valence-corrected chi connectivity index (χ4v) is 5.30. The molecule has 0 spiro atoms. The van der Waals surface area contributed by atoms with E-state index in [1.165, 1.54) is 69.7 Å². The van der Waals surface area contributed by atoms with E-state index in [-0.39, 0.29) is 28.8 Å². The molecule has 1 N–H and O–H groups in total. The Bertz CT molecular complexity index is 1410. The van der Waals surface area contributed by atoms with Crippen LogP contribution >= 0.6 is 11.6 Å². The fraction of sp³-hybridized carbons (Fsp3) is 0.208. The predicted molar refractivity (Wildman–Crippen MR) is 139 cm³/mol. The molecule has 3 aromatic carbocycles. The summed E-state index contributed by atoms with van der Waals surface area (Å²) in [6, 6.07) is 18.0. The first-order chi connectivity index (χ1) is 16.9. The Morgan fingerprint density at radius 1 is 0.806 bits per heavy atom. The lowest BCUT2D eigenvalue weighted by molar-refractivity contribution is 0.0947. The Balaban J connectivity index is 1.53. The van der Waals surface area contributed by atoms with Gasteiger partial charge in [-0.25, -0.2) is 21.1 Å². The summed E-state index contributed by atoms with van der Waals surface area (Å²) in [5, 5.41) is 3.15. The fourth-order valence-electron chi connectivity index (χ4n) is 3.08. The van der Waals surface area contributed by atoms with Crippen molar-refractivity contribution in [2.45, 2.75) is 9.79 Å². The SMILES string of the molecule is CN(C)S(=O)(=O)c1ccc(OCCNC(=O)c2ccc(N(C)S(=O)(=O)c3ccc(Cl)cc3)cc2)cc1. The lowest BCUT2D eigenvalue weighted by atomic mass is 10.2. The van der Waals surface area contributed by atoms with E-state index in [1.807, 2.05) is 0 Å². The van der Waals surface area contributed by atoms with Gasteiger partial charge in [0.1, 0.15) is 12.4 Å². The Morgan fingerprint density at radius 2 is 1.33 bits per heavy atom. The highest BCUT2D eigenvalue weighted by Crippen LogP contribution is 2.23. The molecular formula is C24H26ClN3O6S2. The Hall–Kier alpha value is -3.12. The standard InChI is InChI=1S/C24H26ClN3O6S2/c1-27(2)35(30,31)22-14-10-21(11-15-22)34-17-16-26-24(29)18-4-8-20(9-5-18)28(3)36(32,33)23-12-6-19(25)7-13-23/h4-15H,16-17H2,1-3H3,(H,26,29). The molecule has 9 nitrogen and oxygen atoms in total. The highest BCUT2D eigenvalue weighted by molar-refractivity contribution is 7.92. The van der Waals surface area contributed by atoms with E-state index in [2.05, 4.69) is 5.32 Å². The van der Waals surface area contributed by atoms with Gasteiger partial charge < -0.3 is 10.1 Å². The summed E-state index contributed by atoms with van der Waals surface area (Å²) < 4.78 is 57.6. The second-order valence-electron chi connectivity index (χ2n) is 7.84. The molecule has 0 aliphatic carbocycles. The van der Waals surface area contributed by atoms with E-state index >= 15 is 0 Å². The smallest absolute Gasteiger partial charge is 0.264 e. The number of benzene rings is 3. The van der Waals surface area contributed by atoms with E-state index in [0.717, 1.165) is 8.61 Å². The van der Waals surface area contributed by atoms with Crippen molar-refractivity contribution in [3.8, 4) is 5.75 Å². The van der Waals surface area contributed by atoms with Gasteiger partial charge in [-0.1, -0.05) is 11.6 Å². The van der Waals surface area contributed by atoms with E-state index in [4.69, 9.17) is 16.3 Å². The van der Waals surface area contributed by atoms with Crippen LogP contribution in [0, 0.1) is 0 Å². The molecule has 3 rings (SSSR count). The van der Waals surface area contributed by atoms with Crippen LogP contribution in [0.15, 0.2) is 82.6 Å². The quantitative estimate of drug-likeness (QED) is 0.387. The van der Waals surface area contributed by atoms with Gasteiger partial charge in [-0.2, -0.15) is 0 Å². The van der Waals surface area contributed by atoms with E-state index in [0.29, 0.717) is 22.0 Å². The molecule has 0 aliphatic heterocycles. The third kappa shape index (κ3) is 6.35. The lowest BCUT2D eigenvalue weighted by Crippen LogP contribution is -2.28. The molecule has 0 heterocycles. The lowest BCUT2D eigenvalue weighted by Gasteiger charge is -2.20. The van der Waals surface area contributed by atoms with Crippen LogP contribution in [0.3, 0.4) is 0 Å². The number of halogens is 1. The molecule has 0 saturated heterocycles. The summed E-state index contributed by atoms with van der Waals surface area (Å²) in [4.78, 5) is 12.7. The molecule has 0 saturated carbocycles. The number of sulfonamides is 2. The molecule has 3 aromatic rings. The van der Waals surface area contributed by atoms with Crippen molar-refractivity contribution in [1.82, 2.24) is 9.62 Å². The van der Waals surface area contributed by atoms with Gasteiger partial charge in [0, 0.05) is 31.7 Å². The molecule has 36 heavy (non-hydrogen) atoms. The maximum absolute atomic E-state index is 12.8. The van der Waals surface area contributed by atoms with Crippen molar-refractivity contribution >= 4 is 43.2 Å². The minimum Gasteiger partial charge on any atom is -0.492 e. The first kappa shape index (κ1) is 27.5. The Morgan fingerprint density at radius 3 is 1.89 bits per heavy atom. The number of hydrogen-bond acceptors (Lipinski definition) is 6. The number of ether oxygens (including phenoxy) is 1. The molecular weight excluding hydrogens is 526 g/mol. The van der Waals surface area contributed by atoms with Crippen molar-refractivity contribution in [1.29, 1.82) is 0 Å². The van der Waals surface area contributed by atoms with E-state index in [9.17, 15) is 21.6 Å². The normalized spacial score (nSPS) is 11.8. The van der Waals surface area contributed by atoms with E-state index < -0.39 is 20.0 Å². The summed E-state index contributed by atoms with van der Waals surface area (Å²) in [7, 11) is -2.95. The first-order valence-corrected chi connectivity index (χ1v) is 14.0. The molecule has 0 bridgehead atoms. The highest BCUT2D eigenvalue weighted by atomic mass is 35.5. The summed E-state index contributed by atoms with van der Waals surface area (Å²) in [5.74, 6) is 0.122. The zero-order valence-electron chi connectivity index (χ0n) is 19.9. The molecule has 0 aliphatic rings. The first-order valence-electron chi connectivity index (χ1n) is 10.7. The highest BCUT2D eigenvalue weighted by Gasteiger charge is 2.21. The van der Waals surface area contributed by atoms with Gasteiger partial charge in [0.05, 0.1) is 22.0 Å². The third-order valence-electron chi connectivity index (χ3n) is 5.22. The number of anilines is 1. The van der Waals surface area contributed by atoms with Gasteiger partial charge >= 0.3 is 0 Å².